The Labute approximate surface area is 276 Å². The van der Waals surface area contributed by atoms with Gasteiger partial charge < -0.3 is 5.32 Å². The molecular formula is C29H21Cl2F6N9O2. The van der Waals surface area contributed by atoms with Gasteiger partial charge in [-0.1, -0.05) is 23.2 Å². The summed E-state index contributed by atoms with van der Waals surface area (Å²) in [5.74, 6) is -2.69. The summed E-state index contributed by atoms with van der Waals surface area (Å²) < 4.78 is 79.0. The number of tetrazole rings is 1. The van der Waals surface area contributed by atoms with Crippen LogP contribution in [0, 0.1) is 6.92 Å². The average molecular weight is 712 g/mol. The molecule has 0 saturated carbocycles. The highest BCUT2D eigenvalue weighted by Gasteiger charge is 2.37. The molecule has 4 aromatic heterocycles. The van der Waals surface area contributed by atoms with Gasteiger partial charge in [-0.3, -0.25) is 14.6 Å². The second-order valence-corrected chi connectivity index (χ2v) is 11.2. The molecule has 48 heavy (non-hydrogen) atoms. The van der Waals surface area contributed by atoms with Crippen molar-refractivity contribution in [3.8, 4) is 5.82 Å². The van der Waals surface area contributed by atoms with Crippen LogP contribution in [-0.4, -0.2) is 51.6 Å². The minimum atomic E-state index is -4.83. The molecule has 4 heterocycles. The maximum Gasteiger partial charge on any atom is 0.455 e. The van der Waals surface area contributed by atoms with Crippen LogP contribution in [0.25, 0.3) is 5.82 Å². The lowest BCUT2D eigenvalue weighted by Gasteiger charge is -2.18. The lowest BCUT2D eigenvalue weighted by Crippen LogP contribution is -2.29. The third-order valence-electron chi connectivity index (χ3n) is 6.92. The zero-order valence-corrected chi connectivity index (χ0v) is 26.1. The van der Waals surface area contributed by atoms with E-state index in [9.17, 15) is 35.9 Å². The number of amides is 1. The van der Waals surface area contributed by atoms with Crippen molar-refractivity contribution in [2.45, 2.75) is 45.2 Å². The molecule has 0 bridgehead atoms. The molecule has 0 aliphatic carbocycles. The molecule has 0 radical (unpaired) electrons. The van der Waals surface area contributed by atoms with E-state index in [2.05, 4.69) is 35.8 Å². The Morgan fingerprint density at radius 3 is 2.35 bits per heavy atom. The molecule has 250 valence electrons. The molecule has 0 spiro atoms. The predicted molar refractivity (Wildman–Crippen MR) is 158 cm³/mol. The summed E-state index contributed by atoms with van der Waals surface area (Å²) in [5.41, 5.74) is -0.0614. The molecule has 0 fully saturated rings. The lowest BCUT2D eigenvalue weighted by atomic mass is 9.95. The van der Waals surface area contributed by atoms with Crippen LogP contribution in [0.3, 0.4) is 0 Å². The number of hydrogen-bond donors (Lipinski definition) is 1. The standard InChI is InChI=1S/C29H21Cl2F6N9O2/c1-14-8-17(30)9-20(26(48)40-15(2)22-6-5-16(12-39-22)28(32,33)34)19(14)11-24(47)23-10-18(13-45-43-27(41-44-45)29(35,36)37)42-46(23)25-21(31)4-3-7-38-25/h3-10,12,15H,11,13H2,1-2H3,(H,40,48). The number of halogens is 8. The Morgan fingerprint density at radius 2 is 1.73 bits per heavy atom. The van der Waals surface area contributed by atoms with Crippen molar-refractivity contribution in [3.63, 3.8) is 0 Å². The molecule has 19 heteroatoms. The Kier molecular flexibility index (Phi) is 9.55. The molecular weight excluding hydrogens is 691 g/mol. The second-order valence-electron chi connectivity index (χ2n) is 10.4. The third-order valence-corrected chi connectivity index (χ3v) is 7.43. The van der Waals surface area contributed by atoms with Crippen molar-refractivity contribution in [3.05, 3.63) is 110 Å². The molecule has 1 N–H and O–H groups in total. The Bertz CT molecular complexity index is 1990. The number of benzene rings is 1. The van der Waals surface area contributed by atoms with Crippen LogP contribution in [0.15, 0.2) is 54.9 Å². The fourth-order valence-corrected chi connectivity index (χ4v) is 5.08. The van der Waals surface area contributed by atoms with Gasteiger partial charge in [0.25, 0.3) is 11.7 Å². The summed E-state index contributed by atoms with van der Waals surface area (Å²) in [6.45, 7) is 2.75. The maximum absolute atomic E-state index is 13.9. The summed E-state index contributed by atoms with van der Waals surface area (Å²) >= 11 is 12.6. The summed E-state index contributed by atoms with van der Waals surface area (Å²) in [5, 5.41) is 17.0. The van der Waals surface area contributed by atoms with Gasteiger partial charge in [-0.05, 0) is 72.7 Å². The average Bonchev–Trinajstić information content (AvgIpc) is 3.66. The first-order valence-electron chi connectivity index (χ1n) is 13.7. The van der Waals surface area contributed by atoms with Gasteiger partial charge >= 0.3 is 12.4 Å². The number of aromatic nitrogens is 8. The van der Waals surface area contributed by atoms with E-state index >= 15 is 0 Å². The van der Waals surface area contributed by atoms with Crippen LogP contribution in [0.2, 0.25) is 10.0 Å². The van der Waals surface area contributed by atoms with Gasteiger partial charge in [-0.15, -0.1) is 10.2 Å². The number of Topliss-reactive ketones (excluding diaryl/α,β-unsaturated/α-hetero) is 1. The highest BCUT2D eigenvalue weighted by Crippen LogP contribution is 2.30. The number of nitrogens with zero attached hydrogens (tertiary/aromatic N) is 8. The molecule has 1 amide bonds. The maximum atomic E-state index is 13.9. The highest BCUT2D eigenvalue weighted by atomic mass is 35.5. The van der Waals surface area contributed by atoms with Crippen molar-refractivity contribution in [2.24, 2.45) is 0 Å². The van der Waals surface area contributed by atoms with E-state index in [0.717, 1.165) is 16.8 Å². The lowest BCUT2D eigenvalue weighted by molar-refractivity contribution is -0.145. The van der Waals surface area contributed by atoms with E-state index < -0.39 is 48.0 Å². The molecule has 11 nitrogen and oxygen atoms in total. The quantitative estimate of drug-likeness (QED) is 0.140. The summed E-state index contributed by atoms with van der Waals surface area (Å²) in [6.07, 6.45) is -7.74. The number of pyridine rings is 2. The van der Waals surface area contributed by atoms with Crippen molar-refractivity contribution in [1.29, 1.82) is 0 Å². The fraction of sp³-hybridized carbons (Fsp3) is 0.241. The Morgan fingerprint density at radius 1 is 0.979 bits per heavy atom. The molecule has 0 aliphatic heterocycles. The van der Waals surface area contributed by atoms with Gasteiger partial charge in [0.2, 0.25) is 0 Å². The monoisotopic (exact) mass is 711 g/mol. The molecule has 5 rings (SSSR count). The fourth-order valence-electron chi connectivity index (χ4n) is 4.61. The van der Waals surface area contributed by atoms with E-state index in [1.807, 2.05) is 0 Å². The highest BCUT2D eigenvalue weighted by molar-refractivity contribution is 6.32. The number of nitrogens with one attached hydrogen (secondary N) is 1. The van der Waals surface area contributed by atoms with E-state index in [-0.39, 0.29) is 50.5 Å². The number of carbonyl (C=O) groups is 2. The first kappa shape index (κ1) is 34.4. The Balaban J connectivity index is 1.45. The third kappa shape index (κ3) is 7.62. The van der Waals surface area contributed by atoms with Crippen LogP contribution in [0.4, 0.5) is 26.3 Å². The predicted octanol–water partition coefficient (Wildman–Crippen LogP) is 6.27. The van der Waals surface area contributed by atoms with Crippen LogP contribution < -0.4 is 5.32 Å². The van der Waals surface area contributed by atoms with E-state index in [4.69, 9.17) is 23.2 Å². The zero-order valence-electron chi connectivity index (χ0n) is 24.6. The summed E-state index contributed by atoms with van der Waals surface area (Å²) in [6, 6.07) is 8.36. The first-order valence-corrected chi connectivity index (χ1v) is 14.5. The van der Waals surface area contributed by atoms with Crippen LogP contribution in [-0.2, 0) is 25.3 Å². The van der Waals surface area contributed by atoms with Gasteiger partial charge in [0, 0.05) is 29.4 Å². The molecule has 0 aliphatic rings. The summed E-state index contributed by atoms with van der Waals surface area (Å²) in [4.78, 5) is 36.0. The van der Waals surface area contributed by atoms with Gasteiger partial charge in [0.1, 0.15) is 12.2 Å². The van der Waals surface area contributed by atoms with E-state index in [1.54, 1.807) is 13.0 Å². The number of alkyl halides is 6. The SMILES string of the molecule is Cc1cc(Cl)cc(C(=O)NC(C)c2ccc(C(F)(F)F)cn2)c1CC(=O)c1cc(Cn2nnc(C(F)(F)F)n2)nn1-c1ncccc1Cl. The number of hydrogen-bond acceptors (Lipinski definition) is 8. The summed E-state index contributed by atoms with van der Waals surface area (Å²) in [7, 11) is 0. The number of carbonyl (C=O) groups excluding carboxylic acids is 2. The van der Waals surface area contributed by atoms with Crippen LogP contribution in [0.1, 0.15) is 67.7 Å². The zero-order chi connectivity index (χ0) is 35.0. The van der Waals surface area contributed by atoms with Gasteiger partial charge in [-0.2, -0.15) is 36.2 Å². The van der Waals surface area contributed by atoms with Crippen molar-refractivity contribution in [2.75, 3.05) is 0 Å². The number of aryl methyl sites for hydroxylation is 1. The van der Waals surface area contributed by atoms with Crippen LogP contribution in [0.5, 0.6) is 0 Å². The topological polar surface area (TPSA) is 133 Å². The van der Waals surface area contributed by atoms with E-state index in [0.29, 0.717) is 16.6 Å². The van der Waals surface area contributed by atoms with Gasteiger partial charge in [-0.25, -0.2) is 9.67 Å². The molecule has 1 atom stereocenters. The van der Waals surface area contributed by atoms with E-state index in [1.165, 1.54) is 37.4 Å². The van der Waals surface area contributed by atoms with Gasteiger partial charge in [0.05, 0.1) is 28.0 Å². The van der Waals surface area contributed by atoms with Crippen molar-refractivity contribution < 1.29 is 35.9 Å². The minimum Gasteiger partial charge on any atom is -0.344 e. The molecule has 0 saturated heterocycles. The number of rotatable bonds is 9. The normalized spacial score (nSPS) is 12.6. The second kappa shape index (κ2) is 13.3. The largest absolute Gasteiger partial charge is 0.455 e. The molecule has 5 aromatic rings. The minimum absolute atomic E-state index is 0.0146. The van der Waals surface area contributed by atoms with Crippen molar-refractivity contribution >= 4 is 34.9 Å². The van der Waals surface area contributed by atoms with Gasteiger partial charge in [0.15, 0.2) is 11.6 Å². The molecule has 1 unspecified atom stereocenters. The van der Waals surface area contributed by atoms with Crippen molar-refractivity contribution in [1.82, 2.24) is 45.3 Å². The number of ketones is 1. The smallest absolute Gasteiger partial charge is 0.344 e. The van der Waals surface area contributed by atoms with Crippen LogP contribution >= 0.6 is 23.2 Å². The first-order chi connectivity index (χ1) is 22.5. The Hall–Kier alpha value is -4.90. The molecule has 1 aromatic carbocycles.